The van der Waals surface area contributed by atoms with Gasteiger partial charge in [-0.05, 0) is 74.0 Å². The van der Waals surface area contributed by atoms with Gasteiger partial charge >= 0.3 is 0 Å². The highest BCUT2D eigenvalue weighted by atomic mass is 16.5. The van der Waals surface area contributed by atoms with Crippen LogP contribution in [0.2, 0.25) is 0 Å². The summed E-state index contributed by atoms with van der Waals surface area (Å²) in [6, 6.07) is 19.6. The highest BCUT2D eigenvalue weighted by molar-refractivity contribution is 6.05. The van der Waals surface area contributed by atoms with Crippen LogP contribution in [0.15, 0.2) is 60.7 Å². The minimum atomic E-state index is -0.177. The zero-order chi connectivity index (χ0) is 27.2. The van der Waals surface area contributed by atoms with Crippen LogP contribution in [0.5, 0.6) is 5.88 Å². The van der Waals surface area contributed by atoms with Gasteiger partial charge in [0.25, 0.3) is 11.8 Å². The Labute approximate surface area is 225 Å². The van der Waals surface area contributed by atoms with E-state index in [1.807, 2.05) is 49.5 Å². The molecule has 0 bridgehead atoms. The Bertz CT molecular complexity index is 1410. The smallest absolute Gasteiger partial charge is 0.257 e. The molecule has 0 unspecified atom stereocenters. The molecule has 0 aliphatic heterocycles. The Hall–Kier alpha value is -3.97. The second kappa shape index (κ2) is 12.0. The van der Waals surface area contributed by atoms with Crippen molar-refractivity contribution in [2.24, 2.45) is 0 Å². The van der Waals surface area contributed by atoms with E-state index >= 15 is 0 Å². The van der Waals surface area contributed by atoms with Crippen molar-refractivity contribution < 1.29 is 9.53 Å². The molecule has 1 aromatic heterocycles. The summed E-state index contributed by atoms with van der Waals surface area (Å²) in [7, 11) is 3.60. The average molecular weight is 512 g/mol. The topological polar surface area (TPSA) is 70.6 Å². The second-order valence-electron chi connectivity index (χ2n) is 9.56. The Morgan fingerprint density at radius 2 is 1.63 bits per heavy atom. The number of rotatable bonds is 10. The van der Waals surface area contributed by atoms with E-state index in [2.05, 4.69) is 61.0 Å². The Morgan fingerprint density at radius 1 is 0.895 bits per heavy atom. The number of aromatic nitrogens is 2. The van der Waals surface area contributed by atoms with E-state index in [0.717, 1.165) is 37.3 Å². The number of carbonyl (C=O) groups is 1. The first kappa shape index (κ1) is 27.1. The van der Waals surface area contributed by atoms with Gasteiger partial charge in [-0.25, -0.2) is 9.97 Å². The maximum atomic E-state index is 13.0. The number of benzene rings is 3. The van der Waals surface area contributed by atoms with Crippen molar-refractivity contribution in [3.8, 4) is 17.0 Å². The van der Waals surface area contributed by atoms with Crippen molar-refractivity contribution in [2.75, 3.05) is 50.6 Å². The first-order valence-electron chi connectivity index (χ1n) is 13.1. The predicted octanol–water partition coefficient (Wildman–Crippen LogP) is 5.95. The molecule has 7 nitrogen and oxygen atoms in total. The summed E-state index contributed by atoms with van der Waals surface area (Å²) < 4.78 is 5.57. The van der Waals surface area contributed by atoms with E-state index < -0.39 is 0 Å². The van der Waals surface area contributed by atoms with Crippen molar-refractivity contribution in [3.05, 3.63) is 77.4 Å². The van der Waals surface area contributed by atoms with Gasteiger partial charge in [-0.1, -0.05) is 49.7 Å². The molecule has 0 fully saturated rings. The van der Waals surface area contributed by atoms with Gasteiger partial charge in [0.05, 0.1) is 18.1 Å². The summed E-state index contributed by atoms with van der Waals surface area (Å²) in [6.07, 6.45) is 0. The van der Waals surface area contributed by atoms with Gasteiger partial charge in [-0.2, -0.15) is 0 Å². The summed E-state index contributed by atoms with van der Waals surface area (Å²) in [5, 5.41) is 2.99. The molecule has 0 atom stereocenters. The predicted molar refractivity (Wildman–Crippen MR) is 156 cm³/mol. The number of nitrogens with one attached hydrogen (secondary N) is 1. The first-order valence-corrected chi connectivity index (χ1v) is 13.1. The molecule has 0 radical (unpaired) electrons. The third-order valence-electron chi connectivity index (χ3n) is 6.91. The molecular weight excluding hydrogens is 474 g/mol. The van der Waals surface area contributed by atoms with E-state index in [0.29, 0.717) is 28.5 Å². The van der Waals surface area contributed by atoms with Crippen LogP contribution in [0.1, 0.15) is 35.3 Å². The van der Waals surface area contributed by atoms with E-state index in [1.54, 1.807) is 7.11 Å². The first-order chi connectivity index (χ1) is 18.3. The molecule has 198 valence electrons. The van der Waals surface area contributed by atoms with Crippen molar-refractivity contribution >= 4 is 28.4 Å². The number of likely N-dealkylation sites (N-methyl/N-ethyl adjacent to an activating group) is 2. The highest BCUT2D eigenvalue weighted by Crippen LogP contribution is 2.28. The van der Waals surface area contributed by atoms with Crippen LogP contribution in [0.25, 0.3) is 22.2 Å². The Balaban J connectivity index is 1.50. The largest absolute Gasteiger partial charge is 0.478 e. The van der Waals surface area contributed by atoms with Crippen molar-refractivity contribution in [1.82, 2.24) is 14.9 Å². The number of anilines is 2. The number of methoxy groups -OCH3 is 1. The van der Waals surface area contributed by atoms with E-state index in [1.165, 1.54) is 16.7 Å². The molecule has 1 amide bonds. The van der Waals surface area contributed by atoms with Crippen molar-refractivity contribution in [2.45, 2.75) is 27.7 Å². The fourth-order valence-electron chi connectivity index (χ4n) is 4.57. The summed E-state index contributed by atoms with van der Waals surface area (Å²) in [4.78, 5) is 26.9. The number of fused-ring (bicyclic) bond motifs is 1. The fourth-order valence-corrected chi connectivity index (χ4v) is 4.57. The molecule has 1 heterocycles. The second-order valence-corrected chi connectivity index (χ2v) is 9.56. The SMILES string of the molecule is CCN(CC)CCN(C)c1nc2ccc(NC(=O)c3ccc(-c4ccc(C)cc4C)cc3)cc2nc1OC. The van der Waals surface area contributed by atoms with E-state index in [9.17, 15) is 4.79 Å². The number of hydrogen-bond donors (Lipinski definition) is 1. The maximum Gasteiger partial charge on any atom is 0.257 e. The summed E-state index contributed by atoms with van der Waals surface area (Å²) in [5.74, 6) is 0.988. The third-order valence-corrected chi connectivity index (χ3v) is 6.91. The van der Waals surface area contributed by atoms with Crippen LogP contribution in [0.3, 0.4) is 0 Å². The summed E-state index contributed by atoms with van der Waals surface area (Å²) in [6.45, 7) is 12.3. The average Bonchev–Trinajstić information content (AvgIpc) is 2.92. The molecule has 1 N–H and O–H groups in total. The number of hydrogen-bond acceptors (Lipinski definition) is 6. The molecule has 7 heteroatoms. The lowest BCUT2D eigenvalue weighted by atomic mass is 9.98. The fraction of sp³-hybridized carbons (Fsp3) is 0.323. The summed E-state index contributed by atoms with van der Waals surface area (Å²) in [5.41, 5.74) is 7.35. The molecule has 0 saturated heterocycles. The minimum absolute atomic E-state index is 0.177. The number of nitrogens with zero attached hydrogens (tertiary/aromatic N) is 4. The normalized spacial score (nSPS) is 11.1. The monoisotopic (exact) mass is 511 g/mol. The lowest BCUT2D eigenvalue weighted by Crippen LogP contribution is -2.33. The molecule has 0 spiro atoms. The van der Waals surface area contributed by atoms with E-state index in [4.69, 9.17) is 14.7 Å². The quantitative estimate of drug-likeness (QED) is 0.284. The molecule has 0 aliphatic carbocycles. The van der Waals surface area contributed by atoms with Gasteiger partial charge < -0.3 is 19.9 Å². The van der Waals surface area contributed by atoms with Gasteiger partial charge in [0.15, 0.2) is 5.82 Å². The molecule has 38 heavy (non-hydrogen) atoms. The van der Waals surface area contributed by atoms with Crippen molar-refractivity contribution in [3.63, 3.8) is 0 Å². The van der Waals surface area contributed by atoms with Crippen LogP contribution in [-0.4, -0.2) is 61.1 Å². The van der Waals surface area contributed by atoms with Gasteiger partial charge in [0.1, 0.15) is 0 Å². The number of aryl methyl sites for hydroxylation is 2. The molecule has 3 aromatic carbocycles. The zero-order valence-electron chi connectivity index (χ0n) is 23.2. The standard InChI is InChI=1S/C31H37N5O2/c1-7-36(8-2)18-17-35(5)29-31(38-6)34-28-20-25(14-16-27(28)33-29)32-30(37)24-12-10-23(11-13-24)26-15-9-21(3)19-22(26)4/h9-16,19-20H,7-8,17-18H2,1-6H3,(H,32,37). The Kier molecular flexibility index (Phi) is 8.59. The summed E-state index contributed by atoms with van der Waals surface area (Å²) >= 11 is 0. The van der Waals surface area contributed by atoms with Crippen LogP contribution in [-0.2, 0) is 0 Å². The van der Waals surface area contributed by atoms with Crippen LogP contribution >= 0.6 is 0 Å². The van der Waals surface area contributed by atoms with Gasteiger partial charge in [-0.3, -0.25) is 4.79 Å². The van der Waals surface area contributed by atoms with Gasteiger partial charge in [0, 0.05) is 31.4 Å². The third kappa shape index (κ3) is 6.11. The zero-order valence-corrected chi connectivity index (χ0v) is 23.2. The molecule has 0 saturated carbocycles. The van der Waals surface area contributed by atoms with Crippen LogP contribution < -0.4 is 15.0 Å². The van der Waals surface area contributed by atoms with Gasteiger partial charge in [0.2, 0.25) is 0 Å². The highest BCUT2D eigenvalue weighted by Gasteiger charge is 2.16. The molecule has 4 rings (SSSR count). The molecular formula is C31H37N5O2. The minimum Gasteiger partial charge on any atom is -0.478 e. The number of amides is 1. The Morgan fingerprint density at radius 3 is 2.29 bits per heavy atom. The number of carbonyl (C=O) groups excluding carboxylic acids is 1. The van der Waals surface area contributed by atoms with Crippen molar-refractivity contribution in [1.29, 1.82) is 0 Å². The maximum absolute atomic E-state index is 13.0. The molecule has 4 aromatic rings. The lowest BCUT2D eigenvalue weighted by Gasteiger charge is -2.24. The van der Waals surface area contributed by atoms with Crippen LogP contribution in [0.4, 0.5) is 11.5 Å². The van der Waals surface area contributed by atoms with Crippen LogP contribution in [0, 0.1) is 13.8 Å². The van der Waals surface area contributed by atoms with E-state index in [-0.39, 0.29) is 5.91 Å². The lowest BCUT2D eigenvalue weighted by molar-refractivity contribution is 0.102. The van der Waals surface area contributed by atoms with Gasteiger partial charge in [-0.15, -0.1) is 0 Å². The molecule has 0 aliphatic rings. The number of ether oxygens (including phenoxy) is 1.